The molecular formula is C16H23BrO. The minimum Gasteiger partial charge on any atom is -0.392 e. The molecule has 1 N–H and O–H groups in total. The Morgan fingerprint density at radius 2 is 1.78 bits per heavy atom. The second-order valence-corrected chi connectivity index (χ2v) is 6.89. The lowest BCUT2D eigenvalue weighted by atomic mass is 9.73. The van der Waals surface area contributed by atoms with Crippen LogP contribution in [0.1, 0.15) is 38.7 Å². The van der Waals surface area contributed by atoms with E-state index in [0.29, 0.717) is 5.92 Å². The lowest BCUT2D eigenvalue weighted by Gasteiger charge is -2.34. The van der Waals surface area contributed by atoms with Gasteiger partial charge in [-0.3, -0.25) is 0 Å². The molecule has 100 valence electrons. The van der Waals surface area contributed by atoms with Crippen LogP contribution < -0.4 is 0 Å². The van der Waals surface area contributed by atoms with Crippen LogP contribution in [0.2, 0.25) is 0 Å². The molecule has 1 fully saturated rings. The Balaban J connectivity index is 1.99. The highest BCUT2D eigenvalue weighted by Gasteiger charge is 2.29. The van der Waals surface area contributed by atoms with E-state index in [9.17, 15) is 5.11 Å². The van der Waals surface area contributed by atoms with E-state index in [1.807, 2.05) is 18.2 Å². The van der Waals surface area contributed by atoms with Gasteiger partial charge in [0.2, 0.25) is 0 Å². The molecule has 0 heterocycles. The number of rotatable bonds is 3. The van der Waals surface area contributed by atoms with Crippen molar-refractivity contribution in [3.8, 4) is 0 Å². The van der Waals surface area contributed by atoms with Crippen molar-refractivity contribution in [2.24, 2.45) is 17.8 Å². The average molecular weight is 311 g/mol. The molecule has 0 bridgehead atoms. The average Bonchev–Trinajstić information content (AvgIpc) is 2.31. The van der Waals surface area contributed by atoms with Crippen molar-refractivity contribution in [2.45, 2.75) is 45.6 Å². The zero-order valence-electron chi connectivity index (χ0n) is 11.3. The van der Waals surface area contributed by atoms with Crippen LogP contribution in [0.5, 0.6) is 0 Å². The molecule has 18 heavy (non-hydrogen) atoms. The van der Waals surface area contributed by atoms with Crippen LogP contribution in [0.15, 0.2) is 28.7 Å². The minimum absolute atomic E-state index is 0.200. The van der Waals surface area contributed by atoms with E-state index in [0.717, 1.165) is 22.7 Å². The second-order valence-electron chi connectivity index (χ2n) is 6.04. The predicted octanol–water partition coefficient (Wildman–Crippen LogP) is 4.42. The van der Waals surface area contributed by atoms with Crippen LogP contribution in [0.3, 0.4) is 0 Å². The fraction of sp³-hybridized carbons (Fsp3) is 0.625. The van der Waals surface area contributed by atoms with Gasteiger partial charge in [0, 0.05) is 4.47 Å². The van der Waals surface area contributed by atoms with Crippen LogP contribution in [-0.2, 0) is 6.42 Å². The first kappa shape index (κ1) is 14.1. The van der Waals surface area contributed by atoms with Gasteiger partial charge in [-0.1, -0.05) is 48.0 Å². The molecule has 0 aromatic heterocycles. The van der Waals surface area contributed by atoms with Crippen molar-refractivity contribution in [2.75, 3.05) is 0 Å². The number of halogens is 1. The highest BCUT2D eigenvalue weighted by Crippen LogP contribution is 2.35. The standard InChI is InChI=1S/C16H23BrO/c1-11-7-12(2)9-14(8-11)16(18)10-13-5-3-4-6-15(13)17/h3-6,11-12,14,16,18H,7-10H2,1-2H3. The molecule has 0 aliphatic heterocycles. The Morgan fingerprint density at radius 1 is 1.17 bits per heavy atom. The number of aliphatic hydroxyl groups is 1. The molecule has 2 rings (SSSR count). The summed E-state index contributed by atoms with van der Waals surface area (Å²) in [6, 6.07) is 8.21. The van der Waals surface area contributed by atoms with E-state index in [1.165, 1.54) is 24.8 Å². The zero-order valence-corrected chi connectivity index (χ0v) is 12.9. The maximum Gasteiger partial charge on any atom is 0.0609 e. The topological polar surface area (TPSA) is 20.2 Å². The monoisotopic (exact) mass is 310 g/mol. The molecule has 2 heteroatoms. The van der Waals surface area contributed by atoms with Gasteiger partial charge in [-0.05, 0) is 55.1 Å². The SMILES string of the molecule is CC1CC(C)CC(C(O)Cc2ccccc2Br)C1. The van der Waals surface area contributed by atoms with Gasteiger partial charge in [0.05, 0.1) is 6.10 Å². The molecule has 1 aromatic rings. The number of hydrogen-bond donors (Lipinski definition) is 1. The summed E-state index contributed by atoms with van der Waals surface area (Å²) < 4.78 is 1.11. The van der Waals surface area contributed by atoms with E-state index in [-0.39, 0.29) is 6.10 Å². The molecule has 0 spiro atoms. The quantitative estimate of drug-likeness (QED) is 0.876. The van der Waals surface area contributed by atoms with E-state index >= 15 is 0 Å². The molecule has 0 radical (unpaired) electrons. The molecule has 0 amide bonds. The van der Waals surface area contributed by atoms with Crippen molar-refractivity contribution in [1.29, 1.82) is 0 Å². The van der Waals surface area contributed by atoms with Crippen LogP contribution >= 0.6 is 15.9 Å². The van der Waals surface area contributed by atoms with Crippen LogP contribution in [0, 0.1) is 17.8 Å². The summed E-state index contributed by atoms with van der Waals surface area (Å²) in [5.74, 6) is 1.98. The Kier molecular flexibility index (Phi) is 4.85. The minimum atomic E-state index is -0.200. The maximum atomic E-state index is 10.5. The molecule has 3 atom stereocenters. The van der Waals surface area contributed by atoms with Crippen molar-refractivity contribution < 1.29 is 5.11 Å². The van der Waals surface area contributed by atoms with Crippen LogP contribution in [0.4, 0.5) is 0 Å². The summed E-state index contributed by atoms with van der Waals surface area (Å²) in [6.45, 7) is 4.63. The van der Waals surface area contributed by atoms with Crippen molar-refractivity contribution in [1.82, 2.24) is 0 Å². The molecule has 1 saturated carbocycles. The summed E-state index contributed by atoms with van der Waals surface area (Å²) in [6.07, 6.45) is 4.24. The van der Waals surface area contributed by atoms with Gasteiger partial charge in [0.15, 0.2) is 0 Å². The smallest absolute Gasteiger partial charge is 0.0609 e. The molecule has 3 unspecified atom stereocenters. The fourth-order valence-electron chi connectivity index (χ4n) is 3.38. The number of hydrogen-bond acceptors (Lipinski definition) is 1. The Hall–Kier alpha value is -0.340. The van der Waals surface area contributed by atoms with E-state index in [4.69, 9.17) is 0 Å². The van der Waals surface area contributed by atoms with E-state index in [1.54, 1.807) is 0 Å². The lowest BCUT2D eigenvalue weighted by molar-refractivity contribution is 0.0560. The van der Waals surface area contributed by atoms with Crippen molar-refractivity contribution >= 4 is 15.9 Å². The third-order valence-electron chi connectivity index (χ3n) is 4.15. The van der Waals surface area contributed by atoms with Gasteiger partial charge >= 0.3 is 0 Å². The van der Waals surface area contributed by atoms with Gasteiger partial charge in [0.25, 0.3) is 0 Å². The summed E-state index contributed by atoms with van der Waals surface area (Å²) in [5.41, 5.74) is 1.22. The molecule has 1 aromatic carbocycles. The Labute approximate surface area is 119 Å². The second kappa shape index (κ2) is 6.21. The normalized spacial score (nSPS) is 30.1. The van der Waals surface area contributed by atoms with Gasteiger partial charge < -0.3 is 5.11 Å². The van der Waals surface area contributed by atoms with Crippen molar-refractivity contribution in [3.05, 3.63) is 34.3 Å². The van der Waals surface area contributed by atoms with Crippen molar-refractivity contribution in [3.63, 3.8) is 0 Å². The zero-order chi connectivity index (χ0) is 13.1. The Morgan fingerprint density at radius 3 is 2.39 bits per heavy atom. The van der Waals surface area contributed by atoms with Gasteiger partial charge in [-0.15, -0.1) is 0 Å². The highest BCUT2D eigenvalue weighted by atomic mass is 79.9. The number of aliphatic hydroxyl groups excluding tert-OH is 1. The summed E-state index contributed by atoms with van der Waals surface area (Å²) in [5, 5.41) is 10.5. The Bertz CT molecular complexity index is 380. The maximum absolute atomic E-state index is 10.5. The first-order valence-electron chi connectivity index (χ1n) is 6.97. The molecule has 0 saturated heterocycles. The van der Waals surface area contributed by atoms with E-state index < -0.39 is 0 Å². The highest BCUT2D eigenvalue weighted by molar-refractivity contribution is 9.10. The summed E-state index contributed by atoms with van der Waals surface area (Å²) in [7, 11) is 0. The van der Waals surface area contributed by atoms with E-state index in [2.05, 4.69) is 35.8 Å². The molecule has 1 nitrogen and oxygen atoms in total. The third kappa shape index (κ3) is 3.58. The van der Waals surface area contributed by atoms with Gasteiger partial charge in [0.1, 0.15) is 0 Å². The molecule has 1 aliphatic carbocycles. The molecule has 1 aliphatic rings. The number of benzene rings is 1. The largest absolute Gasteiger partial charge is 0.392 e. The van der Waals surface area contributed by atoms with Crippen LogP contribution in [-0.4, -0.2) is 11.2 Å². The third-order valence-corrected chi connectivity index (χ3v) is 4.92. The first-order valence-corrected chi connectivity index (χ1v) is 7.77. The summed E-state index contributed by atoms with van der Waals surface area (Å²) >= 11 is 3.56. The fourth-order valence-corrected chi connectivity index (χ4v) is 3.83. The predicted molar refractivity (Wildman–Crippen MR) is 79.5 cm³/mol. The van der Waals surface area contributed by atoms with Gasteiger partial charge in [-0.2, -0.15) is 0 Å². The molecular weight excluding hydrogens is 288 g/mol. The lowest BCUT2D eigenvalue weighted by Crippen LogP contribution is -2.30. The summed E-state index contributed by atoms with van der Waals surface area (Å²) in [4.78, 5) is 0. The first-order chi connectivity index (χ1) is 8.56. The van der Waals surface area contributed by atoms with Gasteiger partial charge in [-0.25, -0.2) is 0 Å². The van der Waals surface area contributed by atoms with Crippen LogP contribution in [0.25, 0.3) is 0 Å².